The quantitative estimate of drug-likeness (QED) is 0.637. The van der Waals surface area contributed by atoms with Crippen LogP contribution < -0.4 is 10.1 Å². The maximum atomic E-state index is 13.0. The number of nitrogens with one attached hydrogen (secondary N) is 1. The molecular weight excluding hydrogens is 360 g/mol. The van der Waals surface area contributed by atoms with Gasteiger partial charge in [-0.25, -0.2) is 4.79 Å². The van der Waals surface area contributed by atoms with E-state index in [1.807, 2.05) is 40.6 Å². The van der Waals surface area contributed by atoms with Crippen molar-refractivity contribution >= 4 is 23.1 Å². The summed E-state index contributed by atoms with van der Waals surface area (Å²) >= 11 is 1.68. The third-order valence-corrected chi connectivity index (χ3v) is 5.53. The van der Waals surface area contributed by atoms with Crippen LogP contribution in [0.25, 0.3) is 0 Å². The van der Waals surface area contributed by atoms with E-state index in [4.69, 9.17) is 9.47 Å². The highest BCUT2D eigenvalue weighted by Crippen LogP contribution is 2.22. The monoisotopic (exact) mass is 388 g/mol. The minimum absolute atomic E-state index is 0.0602. The predicted molar refractivity (Wildman–Crippen MR) is 110 cm³/mol. The number of anilines is 1. The Hall–Kier alpha value is -2.05. The van der Waals surface area contributed by atoms with Gasteiger partial charge in [-0.3, -0.25) is 0 Å². The normalized spacial score (nSPS) is 14.7. The van der Waals surface area contributed by atoms with Gasteiger partial charge in [-0.05, 0) is 55.0 Å². The van der Waals surface area contributed by atoms with Crippen LogP contribution in [0.2, 0.25) is 0 Å². The smallest absolute Gasteiger partial charge is 0.322 e. The Bertz CT molecular complexity index is 682. The molecule has 1 saturated heterocycles. The van der Waals surface area contributed by atoms with Crippen LogP contribution in [0.3, 0.4) is 0 Å². The Morgan fingerprint density at radius 1 is 1.26 bits per heavy atom. The third kappa shape index (κ3) is 5.97. The highest BCUT2D eigenvalue weighted by molar-refractivity contribution is 7.09. The second-order valence-corrected chi connectivity index (χ2v) is 7.74. The van der Waals surface area contributed by atoms with Crippen molar-refractivity contribution in [3.63, 3.8) is 0 Å². The summed E-state index contributed by atoms with van der Waals surface area (Å²) in [5, 5.41) is 5.09. The molecule has 0 bridgehead atoms. The van der Waals surface area contributed by atoms with Crippen molar-refractivity contribution in [3.8, 4) is 5.75 Å². The molecule has 0 spiro atoms. The fraction of sp³-hybridized carbons (Fsp3) is 0.476. The molecule has 2 amide bonds. The number of hydrogen-bond donors (Lipinski definition) is 1. The SMILES string of the molecule is CCCCOc1ccc(NC(=O)N(Cc2cccs2)C2CCOCC2)cc1. The van der Waals surface area contributed by atoms with Crippen LogP contribution in [0.4, 0.5) is 10.5 Å². The molecule has 6 heteroatoms. The molecule has 5 nitrogen and oxygen atoms in total. The number of carbonyl (C=O) groups is 1. The highest BCUT2D eigenvalue weighted by atomic mass is 32.1. The number of rotatable bonds is 8. The molecule has 0 atom stereocenters. The minimum Gasteiger partial charge on any atom is -0.494 e. The lowest BCUT2D eigenvalue weighted by Gasteiger charge is -2.34. The lowest BCUT2D eigenvalue weighted by Crippen LogP contribution is -2.44. The molecule has 0 unspecified atom stereocenters. The van der Waals surface area contributed by atoms with E-state index in [9.17, 15) is 4.79 Å². The summed E-state index contributed by atoms with van der Waals surface area (Å²) in [6.07, 6.45) is 3.91. The maximum Gasteiger partial charge on any atom is 0.322 e. The number of thiophene rings is 1. The summed E-state index contributed by atoms with van der Waals surface area (Å²) in [6.45, 7) is 4.92. The van der Waals surface area contributed by atoms with Gasteiger partial charge in [0.05, 0.1) is 13.2 Å². The van der Waals surface area contributed by atoms with Gasteiger partial charge in [0.1, 0.15) is 5.75 Å². The molecule has 2 heterocycles. The maximum absolute atomic E-state index is 13.0. The van der Waals surface area contributed by atoms with Crippen LogP contribution in [0.15, 0.2) is 41.8 Å². The van der Waals surface area contributed by atoms with Gasteiger partial charge in [0.2, 0.25) is 0 Å². The molecule has 0 saturated carbocycles. The van der Waals surface area contributed by atoms with E-state index in [2.05, 4.69) is 18.3 Å². The van der Waals surface area contributed by atoms with E-state index >= 15 is 0 Å². The van der Waals surface area contributed by atoms with Gasteiger partial charge in [0, 0.05) is 29.8 Å². The van der Waals surface area contributed by atoms with Gasteiger partial charge >= 0.3 is 6.03 Å². The predicted octanol–water partition coefficient (Wildman–Crippen LogP) is 5.14. The molecular formula is C21H28N2O3S. The van der Waals surface area contributed by atoms with Crippen LogP contribution in [0.1, 0.15) is 37.5 Å². The van der Waals surface area contributed by atoms with Gasteiger partial charge in [0.15, 0.2) is 0 Å². The Morgan fingerprint density at radius 3 is 2.70 bits per heavy atom. The van der Waals surface area contributed by atoms with E-state index in [1.54, 1.807) is 11.3 Å². The molecule has 0 aliphatic carbocycles. The Kier molecular flexibility index (Phi) is 7.54. The van der Waals surface area contributed by atoms with Crippen LogP contribution in [-0.2, 0) is 11.3 Å². The summed E-state index contributed by atoms with van der Waals surface area (Å²) in [5.74, 6) is 0.835. The molecule has 27 heavy (non-hydrogen) atoms. The van der Waals surface area contributed by atoms with E-state index in [1.165, 1.54) is 4.88 Å². The molecule has 1 aromatic heterocycles. The minimum atomic E-state index is -0.0602. The Balaban J connectivity index is 1.62. The molecule has 3 rings (SSSR count). The topological polar surface area (TPSA) is 50.8 Å². The van der Waals surface area contributed by atoms with Gasteiger partial charge < -0.3 is 19.7 Å². The summed E-state index contributed by atoms with van der Waals surface area (Å²) in [4.78, 5) is 16.1. The molecule has 1 fully saturated rings. The third-order valence-electron chi connectivity index (χ3n) is 4.67. The highest BCUT2D eigenvalue weighted by Gasteiger charge is 2.26. The van der Waals surface area contributed by atoms with Crippen molar-refractivity contribution in [1.29, 1.82) is 0 Å². The second kappa shape index (κ2) is 10.3. The lowest BCUT2D eigenvalue weighted by atomic mass is 10.1. The number of hydrogen-bond acceptors (Lipinski definition) is 4. The first kappa shape index (κ1) is 19.7. The van der Waals surface area contributed by atoms with Crippen molar-refractivity contribution in [2.75, 3.05) is 25.1 Å². The van der Waals surface area contributed by atoms with Crippen molar-refractivity contribution < 1.29 is 14.3 Å². The summed E-state index contributed by atoms with van der Waals surface area (Å²) in [7, 11) is 0. The second-order valence-electron chi connectivity index (χ2n) is 6.71. The molecule has 1 aliphatic rings. The number of unbranched alkanes of at least 4 members (excludes halogenated alkanes) is 1. The van der Waals surface area contributed by atoms with Gasteiger partial charge in [0.25, 0.3) is 0 Å². The van der Waals surface area contributed by atoms with Crippen molar-refractivity contribution in [3.05, 3.63) is 46.7 Å². The van der Waals surface area contributed by atoms with Gasteiger partial charge in [-0.15, -0.1) is 11.3 Å². The first-order valence-corrected chi connectivity index (χ1v) is 10.5. The van der Waals surface area contributed by atoms with Crippen LogP contribution in [0.5, 0.6) is 5.75 Å². The zero-order chi connectivity index (χ0) is 18.9. The average Bonchev–Trinajstić information content (AvgIpc) is 3.21. The number of urea groups is 1. The van der Waals surface area contributed by atoms with Crippen molar-refractivity contribution in [1.82, 2.24) is 4.90 Å². The fourth-order valence-corrected chi connectivity index (χ4v) is 3.80. The Labute approximate surface area is 165 Å². The zero-order valence-corrected chi connectivity index (χ0v) is 16.7. The van der Waals surface area contributed by atoms with Gasteiger partial charge in [-0.2, -0.15) is 0 Å². The largest absolute Gasteiger partial charge is 0.494 e. The van der Waals surface area contributed by atoms with Crippen LogP contribution in [0, 0.1) is 0 Å². The standard InChI is InChI=1S/C21H28N2O3S/c1-2-3-12-26-19-8-6-17(7-9-19)22-21(24)23(16-20-5-4-15-27-20)18-10-13-25-14-11-18/h4-9,15,18H,2-3,10-14,16H2,1H3,(H,22,24). The number of ether oxygens (including phenoxy) is 2. The molecule has 1 aliphatic heterocycles. The summed E-state index contributed by atoms with van der Waals surface area (Å²) in [6, 6.07) is 11.8. The number of carbonyl (C=O) groups excluding carboxylic acids is 1. The lowest BCUT2D eigenvalue weighted by molar-refractivity contribution is 0.0462. The Morgan fingerprint density at radius 2 is 2.04 bits per heavy atom. The molecule has 2 aromatic rings. The summed E-state index contributed by atoms with van der Waals surface area (Å²) < 4.78 is 11.2. The van der Waals surface area contributed by atoms with Gasteiger partial charge in [-0.1, -0.05) is 19.4 Å². The first-order chi connectivity index (χ1) is 13.3. The van der Waals surface area contributed by atoms with E-state index in [-0.39, 0.29) is 12.1 Å². The first-order valence-electron chi connectivity index (χ1n) is 9.67. The average molecular weight is 389 g/mol. The number of amides is 2. The molecule has 146 valence electrons. The van der Waals surface area contributed by atoms with E-state index in [0.29, 0.717) is 19.8 Å². The van der Waals surface area contributed by atoms with Crippen molar-refractivity contribution in [2.24, 2.45) is 0 Å². The summed E-state index contributed by atoms with van der Waals surface area (Å²) in [5.41, 5.74) is 0.783. The molecule has 0 radical (unpaired) electrons. The fourth-order valence-electron chi connectivity index (χ4n) is 3.10. The number of benzene rings is 1. The van der Waals surface area contributed by atoms with Crippen LogP contribution >= 0.6 is 11.3 Å². The molecule has 1 aromatic carbocycles. The zero-order valence-electron chi connectivity index (χ0n) is 15.9. The van der Waals surface area contributed by atoms with Crippen LogP contribution in [-0.4, -0.2) is 36.8 Å². The number of nitrogens with zero attached hydrogens (tertiary/aromatic N) is 1. The molecule has 1 N–H and O–H groups in total. The van der Waals surface area contributed by atoms with E-state index < -0.39 is 0 Å². The van der Waals surface area contributed by atoms with Crippen molar-refractivity contribution in [2.45, 2.75) is 45.2 Å². The van der Waals surface area contributed by atoms with E-state index in [0.717, 1.165) is 43.7 Å².